The molecule has 0 spiro atoms. The molecule has 0 aromatic heterocycles. The Morgan fingerprint density at radius 3 is 1.38 bits per heavy atom. The fourth-order valence-electron chi connectivity index (χ4n) is 3.79. The molecule has 0 unspecified atom stereocenters. The molecule has 2 amide bonds. The van der Waals surface area contributed by atoms with Gasteiger partial charge in [0.05, 0.1) is 48.5 Å². The van der Waals surface area contributed by atoms with E-state index < -0.39 is 99.7 Å². The lowest BCUT2D eigenvalue weighted by Crippen LogP contribution is -2.39. The van der Waals surface area contributed by atoms with E-state index in [0.717, 1.165) is 50.4 Å². The SMILES string of the molecule is COC(=O)Oc1cc(Cl)c(Cl)c(C(=O)N(C)CCCN(CC(=O)O)C(=O)c2c(Cl)c(Cl)cc(OC(=O)OC)c2OC(=O)OC)c1OC(=O)OC. The molecule has 2 aromatic carbocycles. The van der Waals surface area contributed by atoms with E-state index in [1.807, 2.05) is 0 Å². The summed E-state index contributed by atoms with van der Waals surface area (Å²) in [6.07, 6.45) is -5.43. The summed E-state index contributed by atoms with van der Waals surface area (Å²) in [5.74, 6) is -6.17. The number of carbonyl (C=O) groups excluding carboxylic acids is 6. The quantitative estimate of drug-likeness (QED) is 0.158. The topological polar surface area (TPSA) is 220 Å². The van der Waals surface area contributed by atoms with Crippen molar-refractivity contribution in [3.8, 4) is 23.0 Å². The van der Waals surface area contributed by atoms with Crippen molar-refractivity contribution in [3.63, 3.8) is 0 Å². The zero-order chi connectivity index (χ0) is 37.9. The number of carboxylic acid groups (broad SMARTS) is 1. The van der Waals surface area contributed by atoms with Crippen LogP contribution in [0.25, 0.3) is 0 Å². The smallest absolute Gasteiger partial charge is 0.480 e. The number of rotatable bonds is 12. The van der Waals surface area contributed by atoms with E-state index in [1.54, 1.807) is 0 Å². The number of benzene rings is 2. The monoisotopic (exact) mass is 786 g/mol. The molecule has 1 N–H and O–H groups in total. The number of hydrogen-bond acceptors (Lipinski definition) is 15. The molecule has 0 aliphatic heterocycles. The van der Waals surface area contributed by atoms with Crippen molar-refractivity contribution in [2.24, 2.45) is 0 Å². The highest BCUT2D eigenvalue weighted by molar-refractivity contribution is 6.45. The normalized spacial score (nSPS) is 10.3. The number of carbonyl (C=O) groups is 7. The lowest BCUT2D eigenvalue weighted by atomic mass is 10.1. The standard InChI is InChI=1S/C28H26Cl4N2O16/c1-33(23(37)17-19(31)12(29)9-14(47-25(39)43-2)21(17)49-27(41)45-4)7-6-8-34(11-16(35)36)24(38)18-20(32)13(30)10-15(48-26(40)44-3)22(18)50-28(42)46-5/h9-10H,6-8,11H2,1-5H3,(H,35,36). The Kier molecular flexibility index (Phi) is 15.5. The summed E-state index contributed by atoms with van der Waals surface area (Å²) >= 11 is 24.9. The van der Waals surface area contributed by atoms with Crippen LogP contribution in [0.5, 0.6) is 23.0 Å². The van der Waals surface area contributed by atoms with Gasteiger partial charge in [0.25, 0.3) is 11.8 Å². The molecule has 0 saturated heterocycles. The maximum absolute atomic E-state index is 13.8. The van der Waals surface area contributed by atoms with Crippen LogP contribution in [0.3, 0.4) is 0 Å². The molecule has 50 heavy (non-hydrogen) atoms. The Balaban J connectivity index is 2.49. The number of hydrogen-bond donors (Lipinski definition) is 1. The molecule has 18 nitrogen and oxygen atoms in total. The highest BCUT2D eigenvalue weighted by Crippen LogP contribution is 2.43. The number of carboxylic acids is 1. The number of nitrogens with zero attached hydrogens (tertiary/aromatic N) is 2. The van der Waals surface area contributed by atoms with Gasteiger partial charge in [0.1, 0.15) is 17.7 Å². The minimum atomic E-state index is -1.49. The molecule has 0 aliphatic carbocycles. The summed E-state index contributed by atoms with van der Waals surface area (Å²) in [5, 5.41) is 7.96. The third-order valence-corrected chi connectivity index (χ3v) is 7.58. The van der Waals surface area contributed by atoms with E-state index in [0.29, 0.717) is 0 Å². The maximum Gasteiger partial charge on any atom is 0.513 e. The van der Waals surface area contributed by atoms with Gasteiger partial charge in [-0.3, -0.25) is 14.4 Å². The Hall–Kier alpha value is -4.91. The van der Waals surface area contributed by atoms with Crippen LogP contribution in [0.2, 0.25) is 20.1 Å². The minimum Gasteiger partial charge on any atom is -0.480 e. The van der Waals surface area contributed by atoms with Gasteiger partial charge >= 0.3 is 30.6 Å². The Morgan fingerprint density at radius 1 is 0.620 bits per heavy atom. The largest absolute Gasteiger partial charge is 0.513 e. The zero-order valence-corrected chi connectivity index (χ0v) is 29.5. The molecule has 22 heteroatoms. The van der Waals surface area contributed by atoms with Gasteiger partial charge in [-0.2, -0.15) is 0 Å². The lowest BCUT2D eigenvalue weighted by molar-refractivity contribution is -0.137. The minimum absolute atomic E-state index is 0.144. The van der Waals surface area contributed by atoms with Crippen molar-refractivity contribution in [1.82, 2.24) is 9.80 Å². The average molecular weight is 788 g/mol. The molecule has 0 bridgehead atoms. The molecule has 0 radical (unpaired) electrons. The van der Waals surface area contributed by atoms with Gasteiger partial charge in [-0.05, 0) is 6.42 Å². The molecule has 0 aliphatic rings. The first-order valence-corrected chi connectivity index (χ1v) is 14.9. The number of amides is 2. The highest BCUT2D eigenvalue weighted by Gasteiger charge is 2.33. The second kappa shape index (κ2) is 18.7. The van der Waals surface area contributed by atoms with Crippen molar-refractivity contribution < 1.29 is 76.6 Å². The van der Waals surface area contributed by atoms with Gasteiger partial charge in [0.15, 0.2) is 23.0 Å². The summed E-state index contributed by atoms with van der Waals surface area (Å²) in [5.41, 5.74) is -1.24. The summed E-state index contributed by atoms with van der Waals surface area (Å²) in [4.78, 5) is 88.6. The van der Waals surface area contributed by atoms with E-state index in [9.17, 15) is 38.7 Å². The van der Waals surface area contributed by atoms with Crippen LogP contribution in [0.15, 0.2) is 12.1 Å². The van der Waals surface area contributed by atoms with E-state index in [4.69, 9.17) is 65.4 Å². The van der Waals surface area contributed by atoms with Crippen LogP contribution < -0.4 is 18.9 Å². The van der Waals surface area contributed by atoms with Gasteiger partial charge in [-0.25, -0.2) is 19.2 Å². The number of halogens is 4. The van der Waals surface area contributed by atoms with E-state index in [2.05, 4.69) is 18.9 Å². The Bertz CT molecular complexity index is 1690. The molecule has 0 fully saturated rings. The second-order valence-electron chi connectivity index (χ2n) is 9.17. The predicted octanol–water partition coefficient (Wildman–Crippen LogP) is 5.57. The maximum atomic E-state index is 13.8. The fourth-order valence-corrected chi connectivity index (χ4v) is 4.62. The van der Waals surface area contributed by atoms with Crippen molar-refractivity contribution in [2.45, 2.75) is 6.42 Å². The van der Waals surface area contributed by atoms with Crippen molar-refractivity contribution in [2.75, 3.05) is 55.1 Å². The fraction of sp³-hybridized carbons (Fsp3) is 0.321. The molecule has 2 rings (SSSR count). The summed E-state index contributed by atoms with van der Waals surface area (Å²) < 4.78 is 37.7. The lowest BCUT2D eigenvalue weighted by Gasteiger charge is -2.25. The van der Waals surface area contributed by atoms with Gasteiger partial charge in [0.2, 0.25) is 0 Å². The Labute approximate surface area is 302 Å². The molecule has 0 saturated carbocycles. The number of aliphatic carboxylic acids is 1. The molecule has 2 aromatic rings. The van der Waals surface area contributed by atoms with Gasteiger partial charge in [-0.1, -0.05) is 46.4 Å². The van der Waals surface area contributed by atoms with Gasteiger partial charge < -0.3 is 52.8 Å². The second-order valence-corrected chi connectivity index (χ2v) is 10.7. The highest BCUT2D eigenvalue weighted by atomic mass is 35.5. The average Bonchev–Trinajstić information content (AvgIpc) is 3.07. The first-order chi connectivity index (χ1) is 23.5. The first-order valence-electron chi connectivity index (χ1n) is 13.3. The van der Waals surface area contributed by atoms with E-state index in [1.165, 1.54) is 7.05 Å². The van der Waals surface area contributed by atoms with Crippen LogP contribution >= 0.6 is 46.4 Å². The third kappa shape index (κ3) is 10.5. The zero-order valence-electron chi connectivity index (χ0n) is 26.5. The molecular weight excluding hydrogens is 762 g/mol. The van der Waals surface area contributed by atoms with Crippen LogP contribution in [-0.2, 0) is 23.7 Å². The Morgan fingerprint density at radius 2 is 1.00 bits per heavy atom. The van der Waals surface area contributed by atoms with Crippen LogP contribution in [0, 0.1) is 0 Å². The van der Waals surface area contributed by atoms with Crippen LogP contribution in [0.1, 0.15) is 27.1 Å². The van der Waals surface area contributed by atoms with E-state index >= 15 is 0 Å². The summed E-state index contributed by atoms with van der Waals surface area (Å²) in [6.45, 7) is -1.58. The number of ether oxygens (including phenoxy) is 8. The van der Waals surface area contributed by atoms with E-state index in [-0.39, 0.29) is 23.0 Å². The summed E-state index contributed by atoms with van der Waals surface area (Å²) in [6, 6.07) is 1.91. The van der Waals surface area contributed by atoms with Crippen LogP contribution in [-0.4, -0.2) is 112 Å². The number of methoxy groups -OCH3 is 4. The molecule has 0 atom stereocenters. The molecular formula is C28H26Cl4N2O16. The molecule has 272 valence electrons. The third-order valence-electron chi connectivity index (χ3n) is 6.01. The molecule has 0 heterocycles. The van der Waals surface area contributed by atoms with Gasteiger partial charge in [0, 0.05) is 32.3 Å². The van der Waals surface area contributed by atoms with Crippen molar-refractivity contribution in [1.29, 1.82) is 0 Å². The van der Waals surface area contributed by atoms with Crippen molar-refractivity contribution in [3.05, 3.63) is 43.4 Å². The summed E-state index contributed by atoms with van der Waals surface area (Å²) in [7, 11) is 5.11. The van der Waals surface area contributed by atoms with Crippen molar-refractivity contribution >= 4 is 88.8 Å². The van der Waals surface area contributed by atoms with Crippen LogP contribution in [0.4, 0.5) is 19.2 Å². The van der Waals surface area contributed by atoms with Gasteiger partial charge in [-0.15, -0.1) is 0 Å². The predicted molar refractivity (Wildman–Crippen MR) is 170 cm³/mol. The first kappa shape index (κ1) is 41.3.